The summed E-state index contributed by atoms with van der Waals surface area (Å²) in [7, 11) is 0. The Labute approximate surface area is 208 Å². The second-order valence-electron chi connectivity index (χ2n) is 8.45. The lowest BCUT2D eigenvalue weighted by Crippen LogP contribution is -2.45. The van der Waals surface area contributed by atoms with Gasteiger partial charge in [-0.05, 0) is 24.6 Å². The van der Waals surface area contributed by atoms with Crippen molar-refractivity contribution in [2.24, 2.45) is 0 Å². The average molecular weight is 509 g/mol. The maximum absolute atomic E-state index is 13.5. The highest BCUT2D eigenvalue weighted by Crippen LogP contribution is 2.30. The molecule has 184 valence electrons. The number of morpholine rings is 1. The van der Waals surface area contributed by atoms with Crippen LogP contribution in [0.3, 0.4) is 0 Å². The highest BCUT2D eigenvalue weighted by molar-refractivity contribution is 7.15. The number of halogens is 1. The number of carbonyl (C=O) groups excluding carboxylic acids is 1. The van der Waals surface area contributed by atoms with E-state index in [2.05, 4.69) is 9.97 Å². The molecule has 1 saturated heterocycles. The van der Waals surface area contributed by atoms with E-state index in [1.807, 2.05) is 13.0 Å². The molecule has 10 nitrogen and oxygen atoms in total. The molecule has 0 aliphatic carbocycles. The van der Waals surface area contributed by atoms with E-state index in [-0.39, 0.29) is 35.6 Å². The minimum atomic E-state index is -0.678. The number of amides is 1. The van der Waals surface area contributed by atoms with Gasteiger partial charge in [0.1, 0.15) is 17.4 Å². The summed E-state index contributed by atoms with van der Waals surface area (Å²) in [6.45, 7) is 3.33. The van der Waals surface area contributed by atoms with Gasteiger partial charge in [0.25, 0.3) is 0 Å². The molecule has 36 heavy (non-hydrogen) atoms. The van der Waals surface area contributed by atoms with Gasteiger partial charge in [-0.15, -0.1) is 11.3 Å². The fourth-order valence-corrected chi connectivity index (χ4v) is 5.05. The Balaban J connectivity index is 1.45. The molecular formula is C24H21FN6O4S. The van der Waals surface area contributed by atoms with Crippen LogP contribution >= 0.6 is 11.3 Å². The zero-order valence-electron chi connectivity index (χ0n) is 19.2. The summed E-state index contributed by atoms with van der Waals surface area (Å²) in [6, 6.07) is 5.98. The van der Waals surface area contributed by atoms with Crippen LogP contribution in [0, 0.1) is 17.1 Å². The number of benzene rings is 1. The Bertz CT molecular complexity index is 1570. The van der Waals surface area contributed by atoms with Gasteiger partial charge in [-0.2, -0.15) is 5.26 Å². The Morgan fingerprint density at radius 1 is 1.39 bits per heavy atom. The van der Waals surface area contributed by atoms with E-state index in [1.54, 1.807) is 27.9 Å². The minimum absolute atomic E-state index is 0.00302. The van der Waals surface area contributed by atoms with E-state index in [1.165, 1.54) is 34.1 Å². The Kier molecular flexibility index (Phi) is 6.26. The maximum atomic E-state index is 13.5. The predicted octanol–water partition coefficient (Wildman–Crippen LogP) is 2.17. The Morgan fingerprint density at radius 3 is 3.00 bits per heavy atom. The molecule has 1 aliphatic heterocycles. The van der Waals surface area contributed by atoms with Gasteiger partial charge in [-0.3, -0.25) is 9.59 Å². The van der Waals surface area contributed by atoms with Crippen molar-refractivity contribution >= 4 is 23.0 Å². The number of ether oxygens (including phenoxy) is 1. The fraction of sp³-hybridized carbons (Fsp3) is 0.292. The minimum Gasteiger partial charge on any atom is -0.501 e. The van der Waals surface area contributed by atoms with Crippen molar-refractivity contribution in [3.63, 3.8) is 0 Å². The quantitative estimate of drug-likeness (QED) is 0.438. The normalized spacial score (nSPS) is 15.8. The number of thiazole rings is 1. The van der Waals surface area contributed by atoms with Crippen LogP contribution < -0.4 is 5.56 Å². The third-order valence-corrected chi connectivity index (χ3v) is 6.94. The largest absolute Gasteiger partial charge is 0.501 e. The molecule has 1 aromatic carbocycles. The zero-order chi connectivity index (χ0) is 25.4. The highest BCUT2D eigenvalue weighted by atomic mass is 32.1. The Hall–Kier alpha value is -4.08. The summed E-state index contributed by atoms with van der Waals surface area (Å²) in [5, 5.41) is 20.2. The number of aromatic nitrogens is 4. The van der Waals surface area contributed by atoms with Crippen LogP contribution in [0.2, 0.25) is 0 Å². The number of nitriles is 1. The number of imidazole rings is 1. The molecule has 0 unspecified atom stereocenters. The van der Waals surface area contributed by atoms with Crippen LogP contribution in [0.1, 0.15) is 22.9 Å². The van der Waals surface area contributed by atoms with Crippen molar-refractivity contribution in [2.75, 3.05) is 19.7 Å². The lowest BCUT2D eigenvalue weighted by Gasteiger charge is -2.31. The standard InChI is InChI=1S/C24H21FN6O4S/c1-14-12-29(6-7-35-14)19(32)13-30-4-5-31-23(34)21(33)20(28-24(30)31)22-27-11-18(36-22)9-15-2-3-17(25)8-16(15)10-26/h2-5,8,11,14,33H,6-7,9,12-13H2,1H3/t14-/m0/s1. The van der Waals surface area contributed by atoms with Gasteiger partial charge < -0.3 is 19.3 Å². The maximum Gasteiger partial charge on any atom is 0.302 e. The summed E-state index contributed by atoms with van der Waals surface area (Å²) < 4.78 is 21.7. The van der Waals surface area contributed by atoms with Crippen LogP contribution in [0.4, 0.5) is 4.39 Å². The zero-order valence-corrected chi connectivity index (χ0v) is 20.0. The second kappa shape index (κ2) is 9.52. The van der Waals surface area contributed by atoms with Crippen molar-refractivity contribution in [1.29, 1.82) is 5.26 Å². The van der Waals surface area contributed by atoms with Crippen LogP contribution in [0.15, 0.2) is 41.6 Å². The van der Waals surface area contributed by atoms with Crippen molar-refractivity contribution in [3.05, 3.63) is 69.0 Å². The summed E-state index contributed by atoms with van der Waals surface area (Å²) in [5.41, 5.74) is 0.181. The lowest BCUT2D eigenvalue weighted by molar-refractivity contribution is -0.138. The van der Waals surface area contributed by atoms with Gasteiger partial charge in [-0.25, -0.2) is 18.8 Å². The van der Waals surface area contributed by atoms with E-state index in [4.69, 9.17) is 4.74 Å². The summed E-state index contributed by atoms with van der Waals surface area (Å²) in [6.07, 6.45) is 4.86. The van der Waals surface area contributed by atoms with Crippen LogP contribution in [0.5, 0.6) is 5.75 Å². The molecule has 0 saturated carbocycles. The molecule has 0 radical (unpaired) electrons. The second-order valence-corrected chi connectivity index (χ2v) is 9.57. The number of nitrogens with zero attached hydrogens (tertiary/aromatic N) is 6. The SMILES string of the molecule is C[C@H]1CN(C(=O)Cn2ccn3c(=O)c(O)c(-c4ncc(Cc5ccc(F)cc5C#N)s4)nc23)CCO1. The summed E-state index contributed by atoms with van der Waals surface area (Å²) >= 11 is 1.20. The molecule has 1 amide bonds. The summed E-state index contributed by atoms with van der Waals surface area (Å²) in [5.74, 6) is -0.979. The molecule has 1 aliphatic rings. The van der Waals surface area contributed by atoms with Crippen LogP contribution in [0.25, 0.3) is 16.5 Å². The molecule has 1 fully saturated rings. The first-order valence-corrected chi connectivity index (χ1v) is 12.0. The number of carbonyl (C=O) groups is 1. The van der Waals surface area contributed by atoms with Gasteiger partial charge in [0.15, 0.2) is 5.69 Å². The molecule has 4 aromatic rings. The first-order valence-electron chi connectivity index (χ1n) is 11.2. The lowest BCUT2D eigenvalue weighted by atomic mass is 10.1. The first kappa shape index (κ1) is 23.7. The number of rotatable bonds is 5. The van der Waals surface area contributed by atoms with Gasteiger partial charge in [0, 0.05) is 43.0 Å². The monoisotopic (exact) mass is 508 g/mol. The van der Waals surface area contributed by atoms with E-state index in [9.17, 15) is 24.3 Å². The molecule has 1 N–H and O–H groups in total. The molecule has 12 heteroatoms. The highest BCUT2D eigenvalue weighted by Gasteiger charge is 2.24. The molecule has 1 atom stereocenters. The molecule has 4 heterocycles. The topological polar surface area (TPSA) is 126 Å². The smallest absolute Gasteiger partial charge is 0.302 e. The van der Waals surface area contributed by atoms with Gasteiger partial charge in [-0.1, -0.05) is 6.07 Å². The van der Waals surface area contributed by atoms with Crippen LogP contribution in [-0.4, -0.2) is 60.6 Å². The van der Waals surface area contributed by atoms with E-state index in [0.717, 1.165) is 4.88 Å². The Morgan fingerprint density at radius 2 is 2.22 bits per heavy atom. The third-order valence-electron chi connectivity index (χ3n) is 5.94. The molecule has 5 rings (SSSR count). The van der Waals surface area contributed by atoms with Crippen LogP contribution in [-0.2, 0) is 22.5 Å². The molecule has 3 aromatic heterocycles. The number of hydrogen-bond acceptors (Lipinski definition) is 8. The number of aromatic hydroxyl groups is 1. The molecule has 0 bridgehead atoms. The van der Waals surface area contributed by atoms with Gasteiger partial charge in [0.05, 0.1) is 24.3 Å². The van der Waals surface area contributed by atoms with E-state index in [0.29, 0.717) is 36.7 Å². The number of fused-ring (bicyclic) bond motifs is 1. The molecular weight excluding hydrogens is 487 g/mol. The van der Waals surface area contributed by atoms with E-state index < -0.39 is 17.1 Å². The number of hydrogen-bond donors (Lipinski definition) is 1. The van der Waals surface area contributed by atoms with Crippen molar-refractivity contribution in [3.8, 4) is 22.5 Å². The summed E-state index contributed by atoms with van der Waals surface area (Å²) in [4.78, 5) is 36.9. The third kappa shape index (κ3) is 4.46. The van der Waals surface area contributed by atoms with Gasteiger partial charge in [0.2, 0.25) is 17.4 Å². The van der Waals surface area contributed by atoms with Crippen molar-refractivity contribution in [1.82, 2.24) is 23.8 Å². The fourth-order valence-electron chi connectivity index (χ4n) is 4.12. The first-order chi connectivity index (χ1) is 17.3. The predicted molar refractivity (Wildman–Crippen MR) is 128 cm³/mol. The molecule has 0 spiro atoms. The van der Waals surface area contributed by atoms with Crippen molar-refractivity contribution < 1.29 is 19.0 Å². The van der Waals surface area contributed by atoms with E-state index >= 15 is 0 Å². The van der Waals surface area contributed by atoms with Crippen molar-refractivity contribution in [2.45, 2.75) is 26.0 Å². The van der Waals surface area contributed by atoms with Gasteiger partial charge >= 0.3 is 5.56 Å². The average Bonchev–Trinajstić information content (AvgIpc) is 3.49.